The first kappa shape index (κ1) is 18.8. The summed E-state index contributed by atoms with van der Waals surface area (Å²) in [6.07, 6.45) is -5.07. The first-order valence-corrected chi connectivity index (χ1v) is 8.11. The van der Waals surface area contributed by atoms with E-state index in [1.807, 2.05) is 60.7 Å². The fraction of sp³-hybridized carbons (Fsp3) is 0.316. The third kappa shape index (κ3) is 6.49. The predicted octanol–water partition coefficient (Wildman–Crippen LogP) is 3.94. The van der Waals surface area contributed by atoms with Crippen molar-refractivity contribution >= 4 is 5.96 Å². The van der Waals surface area contributed by atoms with Crippen molar-refractivity contribution in [2.75, 3.05) is 20.1 Å². The molecule has 0 amide bonds. The molecule has 2 aromatic carbocycles. The van der Waals surface area contributed by atoms with Crippen LogP contribution in [-0.2, 0) is 0 Å². The van der Waals surface area contributed by atoms with E-state index in [1.165, 1.54) is 0 Å². The molecule has 2 aromatic rings. The third-order valence-corrected chi connectivity index (χ3v) is 3.80. The van der Waals surface area contributed by atoms with Gasteiger partial charge in [-0.05, 0) is 11.1 Å². The summed E-state index contributed by atoms with van der Waals surface area (Å²) in [4.78, 5) is 3.99. The van der Waals surface area contributed by atoms with Gasteiger partial charge in [0.2, 0.25) is 0 Å². The number of nitrogens with one attached hydrogen (secondary N) is 2. The van der Waals surface area contributed by atoms with Gasteiger partial charge in [-0.15, -0.1) is 0 Å². The fourth-order valence-corrected chi connectivity index (χ4v) is 2.54. The van der Waals surface area contributed by atoms with Gasteiger partial charge in [0.1, 0.15) is 0 Å². The number of benzene rings is 2. The first-order valence-electron chi connectivity index (χ1n) is 8.11. The average Bonchev–Trinajstić information content (AvgIpc) is 2.61. The summed E-state index contributed by atoms with van der Waals surface area (Å²) in [6, 6.07) is 20.0. The van der Waals surface area contributed by atoms with Crippen molar-refractivity contribution in [3.63, 3.8) is 0 Å². The van der Waals surface area contributed by atoms with Gasteiger partial charge in [0, 0.05) is 26.1 Å². The molecule has 0 saturated carbocycles. The van der Waals surface area contributed by atoms with Crippen molar-refractivity contribution in [1.82, 2.24) is 10.6 Å². The Hall–Kier alpha value is -2.50. The van der Waals surface area contributed by atoms with E-state index in [9.17, 15) is 13.2 Å². The molecule has 0 atom stereocenters. The number of hydrogen-bond acceptors (Lipinski definition) is 1. The van der Waals surface area contributed by atoms with E-state index in [4.69, 9.17) is 0 Å². The van der Waals surface area contributed by atoms with E-state index in [1.54, 1.807) is 7.05 Å². The topological polar surface area (TPSA) is 36.4 Å². The Bertz CT molecular complexity index is 615. The van der Waals surface area contributed by atoms with Crippen LogP contribution in [0.25, 0.3) is 0 Å². The minimum Gasteiger partial charge on any atom is -0.356 e. The van der Waals surface area contributed by atoms with E-state index >= 15 is 0 Å². The molecule has 3 nitrogen and oxygen atoms in total. The van der Waals surface area contributed by atoms with Crippen molar-refractivity contribution in [3.8, 4) is 0 Å². The maximum Gasteiger partial charge on any atom is 0.390 e. The SMILES string of the molecule is CN=C(NCCC(F)(F)F)NCC(c1ccccc1)c1ccccc1. The lowest BCUT2D eigenvalue weighted by atomic mass is 9.91. The van der Waals surface area contributed by atoms with Crippen LogP contribution in [0.1, 0.15) is 23.5 Å². The molecule has 2 N–H and O–H groups in total. The molecule has 0 unspecified atom stereocenters. The molecule has 0 aliphatic rings. The average molecular weight is 349 g/mol. The summed E-state index contributed by atoms with van der Waals surface area (Å²) in [5.41, 5.74) is 2.26. The molecule has 0 fully saturated rings. The largest absolute Gasteiger partial charge is 0.390 e. The van der Waals surface area contributed by atoms with Gasteiger partial charge in [-0.3, -0.25) is 4.99 Å². The number of alkyl halides is 3. The molecule has 0 radical (unpaired) electrons. The van der Waals surface area contributed by atoms with Gasteiger partial charge in [0.05, 0.1) is 6.42 Å². The minimum absolute atomic E-state index is 0.0727. The first-order chi connectivity index (χ1) is 12.0. The molecular formula is C19H22F3N3. The van der Waals surface area contributed by atoms with Gasteiger partial charge >= 0.3 is 6.18 Å². The molecule has 0 heterocycles. The molecule has 134 valence electrons. The lowest BCUT2D eigenvalue weighted by Crippen LogP contribution is -2.40. The van der Waals surface area contributed by atoms with Crippen LogP contribution in [0.3, 0.4) is 0 Å². The van der Waals surface area contributed by atoms with Gasteiger partial charge in [0.25, 0.3) is 0 Å². The van der Waals surface area contributed by atoms with Crippen LogP contribution >= 0.6 is 0 Å². The number of aliphatic imine (C=N–C) groups is 1. The number of rotatable bonds is 6. The molecule has 0 aromatic heterocycles. The monoisotopic (exact) mass is 349 g/mol. The van der Waals surface area contributed by atoms with Crippen molar-refractivity contribution in [3.05, 3.63) is 71.8 Å². The highest BCUT2D eigenvalue weighted by Gasteiger charge is 2.26. The highest BCUT2D eigenvalue weighted by atomic mass is 19.4. The lowest BCUT2D eigenvalue weighted by molar-refractivity contribution is -0.132. The Balaban J connectivity index is 2.02. The van der Waals surface area contributed by atoms with Gasteiger partial charge in [-0.2, -0.15) is 13.2 Å². The van der Waals surface area contributed by atoms with E-state index in [2.05, 4.69) is 15.6 Å². The Morgan fingerprint density at radius 1 is 0.920 bits per heavy atom. The quantitative estimate of drug-likeness (QED) is 0.612. The zero-order valence-electron chi connectivity index (χ0n) is 14.1. The van der Waals surface area contributed by atoms with Crippen LogP contribution in [0.15, 0.2) is 65.7 Å². The summed E-state index contributed by atoms with van der Waals surface area (Å²) >= 11 is 0. The second-order valence-electron chi connectivity index (χ2n) is 5.62. The predicted molar refractivity (Wildman–Crippen MR) is 94.8 cm³/mol. The summed E-state index contributed by atoms with van der Waals surface area (Å²) < 4.78 is 36.8. The van der Waals surface area contributed by atoms with Gasteiger partial charge < -0.3 is 10.6 Å². The van der Waals surface area contributed by atoms with Gasteiger partial charge in [-0.1, -0.05) is 60.7 Å². The molecule has 0 spiro atoms. The Kier molecular flexibility index (Phi) is 6.86. The molecular weight excluding hydrogens is 327 g/mol. The van der Waals surface area contributed by atoms with E-state index in [0.717, 1.165) is 11.1 Å². The van der Waals surface area contributed by atoms with E-state index in [0.29, 0.717) is 12.5 Å². The van der Waals surface area contributed by atoms with Gasteiger partial charge in [-0.25, -0.2) is 0 Å². The highest BCUT2D eigenvalue weighted by molar-refractivity contribution is 5.79. The van der Waals surface area contributed by atoms with Crippen LogP contribution in [0.2, 0.25) is 0 Å². The van der Waals surface area contributed by atoms with Crippen molar-refractivity contribution in [1.29, 1.82) is 0 Å². The van der Waals surface area contributed by atoms with Crippen molar-refractivity contribution in [2.45, 2.75) is 18.5 Å². The Labute approximate surface area is 146 Å². The normalized spacial score (nSPS) is 12.3. The van der Waals surface area contributed by atoms with Crippen LogP contribution in [0.4, 0.5) is 13.2 Å². The summed E-state index contributed by atoms with van der Waals surface area (Å²) in [5.74, 6) is 0.435. The zero-order chi connectivity index (χ0) is 18.1. The van der Waals surface area contributed by atoms with Crippen molar-refractivity contribution in [2.24, 2.45) is 4.99 Å². The molecule has 0 aliphatic heterocycles. The molecule has 0 saturated heterocycles. The second kappa shape index (κ2) is 9.11. The molecule has 2 rings (SSSR count). The van der Waals surface area contributed by atoms with E-state index < -0.39 is 12.6 Å². The van der Waals surface area contributed by atoms with Crippen LogP contribution in [0.5, 0.6) is 0 Å². The maximum absolute atomic E-state index is 12.3. The van der Waals surface area contributed by atoms with Crippen LogP contribution in [0, 0.1) is 0 Å². The van der Waals surface area contributed by atoms with Crippen LogP contribution in [-0.4, -0.2) is 32.3 Å². The van der Waals surface area contributed by atoms with E-state index in [-0.39, 0.29) is 12.5 Å². The van der Waals surface area contributed by atoms with Crippen LogP contribution < -0.4 is 10.6 Å². The lowest BCUT2D eigenvalue weighted by Gasteiger charge is -2.20. The Morgan fingerprint density at radius 3 is 1.88 bits per heavy atom. The molecule has 6 heteroatoms. The molecule has 0 bridgehead atoms. The fourth-order valence-electron chi connectivity index (χ4n) is 2.54. The van der Waals surface area contributed by atoms with Gasteiger partial charge in [0.15, 0.2) is 5.96 Å². The number of guanidine groups is 1. The summed E-state index contributed by atoms with van der Waals surface area (Å²) in [6.45, 7) is 0.324. The zero-order valence-corrected chi connectivity index (χ0v) is 14.1. The maximum atomic E-state index is 12.3. The number of halogens is 3. The molecule has 25 heavy (non-hydrogen) atoms. The number of hydrogen-bond donors (Lipinski definition) is 2. The second-order valence-corrected chi connectivity index (χ2v) is 5.62. The summed E-state index contributed by atoms with van der Waals surface area (Å²) in [7, 11) is 1.54. The number of nitrogens with zero attached hydrogens (tertiary/aromatic N) is 1. The van der Waals surface area contributed by atoms with Crippen molar-refractivity contribution < 1.29 is 13.2 Å². The molecule has 0 aliphatic carbocycles. The Morgan fingerprint density at radius 2 is 1.44 bits per heavy atom. The standard InChI is InChI=1S/C19H22F3N3/c1-23-18(24-13-12-19(20,21)22)25-14-17(15-8-4-2-5-9-15)16-10-6-3-7-11-16/h2-11,17H,12-14H2,1H3,(H2,23,24,25). The smallest absolute Gasteiger partial charge is 0.356 e. The highest BCUT2D eigenvalue weighted by Crippen LogP contribution is 2.23. The minimum atomic E-state index is -4.18. The third-order valence-electron chi connectivity index (χ3n) is 3.80. The summed E-state index contributed by atoms with van der Waals surface area (Å²) in [5, 5.41) is 5.83.